The van der Waals surface area contributed by atoms with Crippen LogP contribution in [-0.2, 0) is 13.6 Å². The Morgan fingerprint density at radius 3 is 2.74 bits per heavy atom. The number of nitro benzene ring substituents is 1. The first-order valence-corrected chi connectivity index (χ1v) is 7.86. The molecule has 0 radical (unpaired) electrons. The van der Waals surface area contributed by atoms with E-state index < -0.39 is 4.92 Å². The zero-order chi connectivity index (χ0) is 18.7. The molecule has 0 aliphatic heterocycles. The molecule has 0 atom stereocenters. The van der Waals surface area contributed by atoms with Crippen LogP contribution < -0.4 is 22.7 Å². The molecule has 2 heterocycles. The monoisotopic (exact) mass is 387 g/mol. The van der Waals surface area contributed by atoms with Crippen LogP contribution in [-0.4, -0.2) is 14.7 Å². The molecule has 0 bridgehead atoms. The number of hydrogen-bond donors (Lipinski definition) is 1. The number of aromatic nitrogens is 3. The van der Waals surface area contributed by atoms with Crippen LogP contribution in [0.15, 0.2) is 59.2 Å². The first kappa shape index (κ1) is 20.0. The van der Waals surface area contributed by atoms with Gasteiger partial charge in [0, 0.05) is 17.7 Å². The summed E-state index contributed by atoms with van der Waals surface area (Å²) in [6, 6.07) is 8.66. The topological polar surface area (TPSA) is 116 Å². The fraction of sp³-hybridized carbons (Fsp3) is 0.176. The lowest BCUT2D eigenvalue weighted by Crippen LogP contribution is -3.00. The van der Waals surface area contributed by atoms with E-state index in [1.54, 1.807) is 23.7 Å². The van der Waals surface area contributed by atoms with Gasteiger partial charge in [0.2, 0.25) is 0 Å². The van der Waals surface area contributed by atoms with Crippen LogP contribution in [0.25, 0.3) is 0 Å². The summed E-state index contributed by atoms with van der Waals surface area (Å²) in [7, 11) is 1.93. The number of rotatable bonds is 5. The lowest BCUT2D eigenvalue weighted by Gasteiger charge is -2.03. The van der Waals surface area contributed by atoms with Crippen LogP contribution in [0.5, 0.6) is 0 Å². The predicted octanol–water partition coefficient (Wildman–Crippen LogP) is -0.0259. The van der Waals surface area contributed by atoms with Crippen molar-refractivity contribution in [3.8, 4) is 0 Å². The van der Waals surface area contributed by atoms with Crippen molar-refractivity contribution in [3.63, 3.8) is 0 Å². The molecule has 0 amide bonds. The van der Waals surface area contributed by atoms with E-state index in [2.05, 4.69) is 15.3 Å². The summed E-state index contributed by atoms with van der Waals surface area (Å²) in [4.78, 5) is 10.7. The molecule has 9 nitrogen and oxygen atoms in total. The van der Waals surface area contributed by atoms with E-state index in [1.807, 2.05) is 36.1 Å². The number of nitrogens with zero attached hydrogens (tertiary/aromatic N) is 6. The Hall–Kier alpha value is -3.33. The SMILES string of the molecule is Cc1ccc(/N=N/c2cnn(Cc3ccc[n+](C)c3)c2N)c([N+](=O)[O-])c1.[Cl-]. The van der Waals surface area contributed by atoms with Gasteiger partial charge < -0.3 is 18.1 Å². The lowest BCUT2D eigenvalue weighted by atomic mass is 10.2. The molecule has 10 heteroatoms. The van der Waals surface area contributed by atoms with Gasteiger partial charge in [-0.05, 0) is 24.6 Å². The minimum absolute atomic E-state index is 0. The van der Waals surface area contributed by atoms with E-state index in [0.29, 0.717) is 18.1 Å². The Morgan fingerprint density at radius 2 is 2.04 bits per heavy atom. The van der Waals surface area contributed by atoms with Gasteiger partial charge in [-0.3, -0.25) is 10.1 Å². The Morgan fingerprint density at radius 1 is 1.30 bits per heavy atom. The summed E-state index contributed by atoms with van der Waals surface area (Å²) in [6.45, 7) is 2.26. The summed E-state index contributed by atoms with van der Waals surface area (Å²) in [5.41, 5.74) is 8.32. The molecule has 0 unspecified atom stereocenters. The van der Waals surface area contributed by atoms with Gasteiger partial charge in [-0.25, -0.2) is 9.25 Å². The number of nitrogens with two attached hydrogens (primary N) is 1. The zero-order valence-electron chi connectivity index (χ0n) is 14.8. The van der Waals surface area contributed by atoms with Gasteiger partial charge >= 0.3 is 0 Å². The third-order valence-corrected chi connectivity index (χ3v) is 3.79. The van der Waals surface area contributed by atoms with Crippen LogP contribution in [0, 0.1) is 17.0 Å². The third-order valence-electron chi connectivity index (χ3n) is 3.79. The predicted molar refractivity (Wildman–Crippen MR) is 95.4 cm³/mol. The van der Waals surface area contributed by atoms with Crippen molar-refractivity contribution in [3.05, 3.63) is 70.2 Å². The molecule has 140 valence electrons. The highest BCUT2D eigenvalue weighted by Gasteiger charge is 2.14. The van der Waals surface area contributed by atoms with Crippen LogP contribution in [0.3, 0.4) is 0 Å². The van der Waals surface area contributed by atoms with Crippen LogP contribution in [0.1, 0.15) is 11.1 Å². The van der Waals surface area contributed by atoms with Gasteiger partial charge in [0.15, 0.2) is 18.1 Å². The Labute approximate surface area is 161 Å². The Balaban J connectivity index is 0.00000261. The maximum absolute atomic E-state index is 11.1. The molecule has 2 N–H and O–H groups in total. The second kappa shape index (κ2) is 8.37. The fourth-order valence-corrected chi connectivity index (χ4v) is 2.48. The van der Waals surface area contributed by atoms with Crippen LogP contribution >= 0.6 is 0 Å². The van der Waals surface area contributed by atoms with Gasteiger partial charge in [0.25, 0.3) is 5.69 Å². The van der Waals surface area contributed by atoms with E-state index in [9.17, 15) is 10.1 Å². The van der Waals surface area contributed by atoms with E-state index >= 15 is 0 Å². The first-order valence-electron chi connectivity index (χ1n) is 7.86. The molecule has 0 saturated carbocycles. The van der Waals surface area contributed by atoms with E-state index in [0.717, 1.165) is 11.1 Å². The molecule has 27 heavy (non-hydrogen) atoms. The minimum atomic E-state index is -0.483. The average molecular weight is 388 g/mol. The van der Waals surface area contributed by atoms with E-state index in [1.165, 1.54) is 12.3 Å². The highest BCUT2D eigenvalue weighted by atomic mass is 35.5. The normalized spacial score (nSPS) is 10.7. The lowest BCUT2D eigenvalue weighted by molar-refractivity contribution is -0.671. The largest absolute Gasteiger partial charge is 1.00 e. The summed E-state index contributed by atoms with van der Waals surface area (Å²) < 4.78 is 3.54. The quantitative estimate of drug-likeness (QED) is 0.286. The molecule has 0 saturated heterocycles. The second-order valence-electron chi connectivity index (χ2n) is 5.90. The van der Waals surface area contributed by atoms with Gasteiger partial charge in [0.05, 0.1) is 17.7 Å². The smallest absolute Gasteiger partial charge is 0.296 e. The molecule has 3 aromatic rings. The van der Waals surface area contributed by atoms with Crippen molar-refractivity contribution >= 4 is 22.9 Å². The Bertz CT molecular complexity index is 1000. The van der Waals surface area contributed by atoms with Gasteiger partial charge in [-0.15, -0.1) is 10.2 Å². The molecule has 0 fully saturated rings. The van der Waals surface area contributed by atoms with Crippen LogP contribution in [0.2, 0.25) is 0 Å². The second-order valence-corrected chi connectivity index (χ2v) is 5.90. The maximum atomic E-state index is 11.1. The highest BCUT2D eigenvalue weighted by molar-refractivity contribution is 5.60. The average Bonchev–Trinajstić information content (AvgIpc) is 2.94. The van der Waals surface area contributed by atoms with E-state index in [4.69, 9.17) is 5.73 Å². The van der Waals surface area contributed by atoms with Gasteiger partial charge in [-0.1, -0.05) is 6.07 Å². The molecule has 0 spiro atoms. The zero-order valence-corrected chi connectivity index (χ0v) is 15.5. The summed E-state index contributed by atoms with van der Waals surface area (Å²) in [5, 5.41) is 23.4. The number of nitrogen functional groups attached to an aromatic ring is 1. The number of aryl methyl sites for hydroxylation is 2. The molecule has 0 aliphatic rings. The van der Waals surface area contributed by atoms with Crippen molar-refractivity contribution < 1.29 is 21.9 Å². The van der Waals surface area contributed by atoms with Crippen molar-refractivity contribution in [2.75, 3.05) is 5.73 Å². The molecular formula is C17H18ClN7O2. The van der Waals surface area contributed by atoms with Crippen molar-refractivity contribution in [2.45, 2.75) is 13.5 Å². The van der Waals surface area contributed by atoms with Gasteiger partial charge in [-0.2, -0.15) is 5.10 Å². The highest BCUT2D eigenvalue weighted by Crippen LogP contribution is 2.31. The number of halogens is 1. The summed E-state index contributed by atoms with van der Waals surface area (Å²) >= 11 is 0. The fourth-order valence-electron chi connectivity index (χ4n) is 2.48. The molecular weight excluding hydrogens is 370 g/mol. The molecule has 2 aromatic heterocycles. The van der Waals surface area contributed by atoms with Crippen molar-refractivity contribution in [1.82, 2.24) is 9.78 Å². The van der Waals surface area contributed by atoms with Crippen molar-refractivity contribution in [1.29, 1.82) is 0 Å². The first-order chi connectivity index (χ1) is 12.4. The number of anilines is 1. The third kappa shape index (κ3) is 4.64. The van der Waals surface area contributed by atoms with Crippen molar-refractivity contribution in [2.24, 2.45) is 17.3 Å². The number of benzene rings is 1. The van der Waals surface area contributed by atoms with Gasteiger partial charge in [0.1, 0.15) is 18.6 Å². The summed E-state index contributed by atoms with van der Waals surface area (Å²) in [6.07, 6.45) is 5.39. The number of hydrogen-bond acceptors (Lipinski definition) is 6. The molecule has 1 aromatic carbocycles. The van der Waals surface area contributed by atoms with Crippen LogP contribution in [0.4, 0.5) is 22.9 Å². The van der Waals surface area contributed by atoms with E-state index in [-0.39, 0.29) is 23.8 Å². The standard InChI is InChI=1S/C17H18N7O2.ClH/c1-12-5-6-14(16(8-12)24(25)26)20-21-15-9-19-23(17(15)18)11-13-4-3-7-22(2)10-13;/h3-10H,11,18H2,1-2H3;1H/q+1;/p-1/b21-20+;. The number of pyridine rings is 1. The maximum Gasteiger partial charge on any atom is 0.296 e. The Kier molecular flexibility index (Phi) is 6.19. The molecule has 3 rings (SSSR count). The summed E-state index contributed by atoms with van der Waals surface area (Å²) in [5.74, 6) is 0.343. The molecule has 0 aliphatic carbocycles. The number of nitro groups is 1. The minimum Gasteiger partial charge on any atom is -1.00 e. The number of azo groups is 1.